The molecule has 1 N–H and O–H groups in total. The van der Waals surface area contributed by atoms with E-state index in [1.54, 1.807) is 4.90 Å². The number of aliphatic hydroxyl groups is 1. The van der Waals surface area contributed by atoms with Gasteiger partial charge in [-0.15, -0.1) is 0 Å². The molecule has 1 amide bonds. The van der Waals surface area contributed by atoms with E-state index in [1.165, 1.54) is 96.3 Å². The lowest BCUT2D eigenvalue weighted by Gasteiger charge is -2.24. The molecule has 0 saturated carbocycles. The van der Waals surface area contributed by atoms with Gasteiger partial charge in [0, 0.05) is 19.7 Å². The molecule has 0 heterocycles. The van der Waals surface area contributed by atoms with Gasteiger partial charge in [0.1, 0.15) is 6.10 Å². The Balaban J connectivity index is 3.58. The molecule has 0 aliphatic heterocycles. The normalized spacial score (nSPS) is 12.1. The monoisotopic (exact) mass is 499 g/mol. The molecule has 0 fully saturated rings. The van der Waals surface area contributed by atoms with Crippen molar-refractivity contribution in [3.05, 3.63) is 0 Å². The highest BCUT2D eigenvalue weighted by Gasteiger charge is 2.19. The zero-order valence-corrected chi connectivity index (χ0v) is 23.9. The fourth-order valence-corrected chi connectivity index (χ4v) is 4.30. The molecule has 0 saturated heterocycles. The Kier molecular flexibility index (Phi) is 27.1. The van der Waals surface area contributed by atoms with Crippen molar-refractivity contribution >= 4 is 6.09 Å². The first-order valence-corrected chi connectivity index (χ1v) is 15.3. The zero-order valence-electron chi connectivity index (χ0n) is 23.9. The molecule has 0 aromatic rings. The highest BCUT2D eigenvalue weighted by Crippen LogP contribution is 2.14. The van der Waals surface area contributed by atoms with Gasteiger partial charge in [-0.2, -0.15) is 0 Å². The Labute approximate surface area is 218 Å². The van der Waals surface area contributed by atoms with Gasteiger partial charge in [0.2, 0.25) is 0 Å². The first-order valence-electron chi connectivity index (χ1n) is 15.3. The van der Waals surface area contributed by atoms with Crippen LogP contribution in [0.25, 0.3) is 0 Å². The number of carbonyl (C=O) groups is 1. The van der Waals surface area contributed by atoms with Gasteiger partial charge < -0.3 is 19.5 Å². The molecule has 0 aliphatic rings. The highest BCUT2D eigenvalue weighted by molar-refractivity contribution is 5.67. The van der Waals surface area contributed by atoms with Crippen LogP contribution in [0.4, 0.5) is 4.79 Å². The number of hydrogen-bond acceptors (Lipinski definition) is 4. The predicted octanol–water partition coefficient (Wildman–Crippen LogP) is 8.66. The zero-order chi connectivity index (χ0) is 25.8. The molecular weight excluding hydrogens is 438 g/mol. The van der Waals surface area contributed by atoms with E-state index in [1.807, 2.05) is 0 Å². The molecule has 0 spiro atoms. The lowest BCUT2D eigenvalue weighted by atomic mass is 10.0. The average molecular weight is 500 g/mol. The molecule has 35 heavy (non-hydrogen) atoms. The molecule has 5 heteroatoms. The average Bonchev–Trinajstić information content (AvgIpc) is 2.87. The summed E-state index contributed by atoms with van der Waals surface area (Å²) in [5, 5.41) is 9.58. The van der Waals surface area contributed by atoms with Crippen molar-refractivity contribution in [2.45, 2.75) is 155 Å². The van der Waals surface area contributed by atoms with Gasteiger partial charge in [0.15, 0.2) is 0 Å². The van der Waals surface area contributed by atoms with Crippen LogP contribution in [0.3, 0.4) is 0 Å². The van der Waals surface area contributed by atoms with E-state index in [2.05, 4.69) is 20.8 Å². The third-order valence-corrected chi connectivity index (χ3v) is 6.74. The third-order valence-electron chi connectivity index (χ3n) is 6.74. The molecule has 1 atom stereocenters. The number of amides is 1. The largest absolute Gasteiger partial charge is 0.441 e. The Morgan fingerprint density at radius 3 is 1.43 bits per heavy atom. The molecule has 0 rings (SSSR count). The van der Waals surface area contributed by atoms with Crippen LogP contribution in [-0.4, -0.2) is 55.1 Å². The summed E-state index contributed by atoms with van der Waals surface area (Å²) >= 11 is 0. The second-order valence-electron chi connectivity index (χ2n) is 10.3. The second kappa shape index (κ2) is 27.8. The molecule has 0 bridgehead atoms. The Hall–Kier alpha value is -0.810. The standard InChI is InChI=1S/C30H61NO4/c1-4-7-10-11-12-13-14-15-16-17-18-19-20-21-22-23-26-34-28-29(27-32)35-30(33)31(24-8-5-2)25-9-6-3/h29,32H,4-28H2,1-3H3. The maximum Gasteiger partial charge on any atom is 0.410 e. The topological polar surface area (TPSA) is 59.0 Å². The first kappa shape index (κ1) is 34.2. The van der Waals surface area contributed by atoms with Crippen molar-refractivity contribution in [3.63, 3.8) is 0 Å². The van der Waals surface area contributed by atoms with E-state index in [-0.39, 0.29) is 19.3 Å². The van der Waals surface area contributed by atoms with E-state index >= 15 is 0 Å². The second-order valence-corrected chi connectivity index (χ2v) is 10.3. The minimum atomic E-state index is -0.575. The number of nitrogens with zero attached hydrogens (tertiary/aromatic N) is 1. The van der Waals surface area contributed by atoms with Crippen LogP contribution in [0.15, 0.2) is 0 Å². The summed E-state index contributed by atoms with van der Waals surface area (Å²) in [6, 6.07) is 0. The van der Waals surface area contributed by atoms with E-state index in [0.29, 0.717) is 19.7 Å². The van der Waals surface area contributed by atoms with E-state index in [9.17, 15) is 9.90 Å². The van der Waals surface area contributed by atoms with Crippen molar-refractivity contribution in [3.8, 4) is 0 Å². The van der Waals surface area contributed by atoms with Crippen LogP contribution >= 0.6 is 0 Å². The van der Waals surface area contributed by atoms with Gasteiger partial charge in [0.25, 0.3) is 0 Å². The molecule has 0 aliphatic carbocycles. The molecule has 0 radical (unpaired) electrons. The number of aliphatic hydroxyl groups excluding tert-OH is 1. The van der Waals surface area contributed by atoms with Crippen LogP contribution < -0.4 is 0 Å². The Bertz CT molecular complexity index is 425. The van der Waals surface area contributed by atoms with Gasteiger partial charge in [-0.3, -0.25) is 0 Å². The van der Waals surface area contributed by atoms with E-state index < -0.39 is 6.10 Å². The maximum absolute atomic E-state index is 12.5. The first-order chi connectivity index (χ1) is 17.2. The van der Waals surface area contributed by atoms with Crippen LogP contribution in [0.5, 0.6) is 0 Å². The van der Waals surface area contributed by atoms with Crippen LogP contribution in [0.1, 0.15) is 149 Å². The van der Waals surface area contributed by atoms with Crippen molar-refractivity contribution < 1.29 is 19.4 Å². The summed E-state index contributed by atoms with van der Waals surface area (Å²) in [6.45, 7) is 8.70. The van der Waals surface area contributed by atoms with Gasteiger partial charge in [0.05, 0.1) is 13.2 Å². The Morgan fingerprint density at radius 1 is 0.629 bits per heavy atom. The minimum Gasteiger partial charge on any atom is -0.441 e. The van der Waals surface area contributed by atoms with E-state index in [4.69, 9.17) is 9.47 Å². The molecule has 0 aromatic carbocycles. The number of unbranched alkanes of at least 4 members (excludes halogenated alkanes) is 17. The Morgan fingerprint density at radius 2 is 1.03 bits per heavy atom. The fourth-order valence-electron chi connectivity index (χ4n) is 4.30. The van der Waals surface area contributed by atoms with Crippen LogP contribution in [-0.2, 0) is 9.47 Å². The summed E-state index contributed by atoms with van der Waals surface area (Å²) in [6.07, 6.45) is 24.8. The minimum absolute atomic E-state index is 0.194. The lowest BCUT2D eigenvalue weighted by Crippen LogP contribution is -2.38. The van der Waals surface area contributed by atoms with Gasteiger partial charge >= 0.3 is 6.09 Å². The number of rotatable bonds is 27. The summed E-state index contributed by atoms with van der Waals surface area (Å²) < 4.78 is 11.2. The summed E-state index contributed by atoms with van der Waals surface area (Å²) in [7, 11) is 0. The van der Waals surface area contributed by atoms with Gasteiger partial charge in [-0.1, -0.05) is 130 Å². The molecule has 0 aromatic heterocycles. The van der Waals surface area contributed by atoms with Crippen molar-refractivity contribution in [2.75, 3.05) is 32.9 Å². The lowest BCUT2D eigenvalue weighted by molar-refractivity contribution is -0.0198. The van der Waals surface area contributed by atoms with Crippen LogP contribution in [0, 0.1) is 0 Å². The fraction of sp³-hybridized carbons (Fsp3) is 0.967. The molecular formula is C30H61NO4. The predicted molar refractivity (Wildman–Crippen MR) is 149 cm³/mol. The van der Waals surface area contributed by atoms with E-state index in [0.717, 1.165) is 32.1 Å². The molecule has 210 valence electrons. The number of ether oxygens (including phenoxy) is 2. The summed E-state index contributed by atoms with van der Waals surface area (Å²) in [4.78, 5) is 14.2. The smallest absolute Gasteiger partial charge is 0.410 e. The summed E-state index contributed by atoms with van der Waals surface area (Å²) in [5.41, 5.74) is 0. The SMILES string of the molecule is CCCCCCCCCCCCCCCCCCOCC(CO)OC(=O)N(CCCC)CCCC. The quantitative estimate of drug-likeness (QED) is 0.115. The van der Waals surface area contributed by atoms with Crippen molar-refractivity contribution in [1.82, 2.24) is 4.90 Å². The van der Waals surface area contributed by atoms with Crippen molar-refractivity contribution in [2.24, 2.45) is 0 Å². The van der Waals surface area contributed by atoms with Gasteiger partial charge in [-0.25, -0.2) is 4.79 Å². The summed E-state index contributed by atoms with van der Waals surface area (Å²) in [5.74, 6) is 0. The maximum atomic E-state index is 12.5. The van der Waals surface area contributed by atoms with Crippen LogP contribution in [0.2, 0.25) is 0 Å². The highest BCUT2D eigenvalue weighted by atomic mass is 16.6. The van der Waals surface area contributed by atoms with Gasteiger partial charge in [-0.05, 0) is 19.3 Å². The number of hydrogen-bond donors (Lipinski definition) is 1. The molecule has 5 nitrogen and oxygen atoms in total. The van der Waals surface area contributed by atoms with Crippen molar-refractivity contribution in [1.29, 1.82) is 0 Å². The molecule has 1 unspecified atom stereocenters. The number of carbonyl (C=O) groups excluding carboxylic acids is 1. The third kappa shape index (κ3) is 23.3.